The van der Waals surface area contributed by atoms with Crippen LogP contribution in [0.4, 0.5) is 0 Å². The summed E-state index contributed by atoms with van der Waals surface area (Å²) in [5.74, 6) is -0.880. The van der Waals surface area contributed by atoms with Crippen LogP contribution in [-0.4, -0.2) is 37.4 Å². The first-order valence-corrected chi connectivity index (χ1v) is 8.27. The zero-order valence-electron chi connectivity index (χ0n) is 13.2. The summed E-state index contributed by atoms with van der Waals surface area (Å²) >= 11 is 0. The number of hydrogen-bond acceptors (Lipinski definition) is 3. The second-order valence-electron chi connectivity index (χ2n) is 5.38. The minimum absolute atomic E-state index is 0.160. The molecule has 2 N–H and O–H groups in total. The second-order valence-corrected chi connectivity index (χ2v) is 5.38. The number of hydrogen-bond donors (Lipinski definition) is 2. The van der Waals surface area contributed by atoms with Gasteiger partial charge >= 0.3 is 5.97 Å². The molecular formula is C16H33NO3. The average Bonchev–Trinajstić information content (AvgIpc) is 2.43. The first-order chi connectivity index (χ1) is 9.77. The van der Waals surface area contributed by atoms with Crippen molar-refractivity contribution in [3.05, 3.63) is 0 Å². The van der Waals surface area contributed by atoms with Crippen molar-refractivity contribution in [1.82, 2.24) is 5.32 Å². The van der Waals surface area contributed by atoms with Gasteiger partial charge in [0, 0.05) is 6.61 Å². The summed E-state index contributed by atoms with van der Waals surface area (Å²) in [4.78, 5) is 10.2. The number of aliphatic carboxylic acids is 1. The number of unbranched alkanes of at least 4 members (excludes halogenated alkanes) is 8. The standard InChI is InChI=1S/C16H33NO3/c1-2-12-17-13-10-8-6-4-3-5-7-9-11-14-20-15-16(18)19/h17H,2-15H2,1H3,(H,18,19). The number of carbonyl (C=O) groups is 1. The molecule has 0 aromatic heterocycles. The highest BCUT2D eigenvalue weighted by molar-refractivity contribution is 5.67. The Kier molecular flexibility index (Phi) is 15.9. The fraction of sp³-hybridized carbons (Fsp3) is 0.938. The van der Waals surface area contributed by atoms with E-state index >= 15 is 0 Å². The summed E-state index contributed by atoms with van der Waals surface area (Å²) < 4.78 is 4.99. The van der Waals surface area contributed by atoms with Crippen LogP contribution in [0.1, 0.15) is 71.1 Å². The maximum absolute atomic E-state index is 10.2. The zero-order valence-corrected chi connectivity index (χ0v) is 13.2. The van der Waals surface area contributed by atoms with Gasteiger partial charge in [-0.05, 0) is 32.4 Å². The first-order valence-electron chi connectivity index (χ1n) is 8.27. The van der Waals surface area contributed by atoms with Crippen LogP contribution < -0.4 is 5.32 Å². The van der Waals surface area contributed by atoms with Gasteiger partial charge in [-0.3, -0.25) is 0 Å². The predicted molar refractivity (Wildman–Crippen MR) is 83.2 cm³/mol. The van der Waals surface area contributed by atoms with Crippen LogP contribution in [0, 0.1) is 0 Å². The van der Waals surface area contributed by atoms with E-state index in [-0.39, 0.29) is 6.61 Å². The minimum atomic E-state index is -0.880. The van der Waals surface area contributed by atoms with Crippen molar-refractivity contribution in [1.29, 1.82) is 0 Å². The van der Waals surface area contributed by atoms with Gasteiger partial charge in [-0.1, -0.05) is 51.9 Å². The topological polar surface area (TPSA) is 58.6 Å². The van der Waals surface area contributed by atoms with E-state index in [0.29, 0.717) is 6.61 Å². The Morgan fingerprint density at radius 2 is 1.45 bits per heavy atom. The Balaban J connectivity index is 2.94. The average molecular weight is 287 g/mol. The predicted octanol–water partition coefficient (Wildman–Crippen LogP) is 3.60. The molecule has 0 amide bonds. The quantitative estimate of drug-likeness (QED) is 0.426. The maximum atomic E-state index is 10.2. The molecule has 0 aliphatic carbocycles. The van der Waals surface area contributed by atoms with Crippen LogP contribution in [0.2, 0.25) is 0 Å². The van der Waals surface area contributed by atoms with E-state index in [1.165, 1.54) is 57.9 Å². The molecule has 0 unspecified atom stereocenters. The van der Waals surface area contributed by atoms with E-state index in [4.69, 9.17) is 9.84 Å². The third-order valence-electron chi connectivity index (χ3n) is 3.29. The van der Waals surface area contributed by atoms with Crippen LogP contribution >= 0.6 is 0 Å². The van der Waals surface area contributed by atoms with E-state index < -0.39 is 5.97 Å². The minimum Gasteiger partial charge on any atom is -0.480 e. The molecule has 20 heavy (non-hydrogen) atoms. The van der Waals surface area contributed by atoms with Crippen LogP contribution in [0.15, 0.2) is 0 Å². The monoisotopic (exact) mass is 287 g/mol. The number of ether oxygens (including phenoxy) is 1. The number of carboxylic acid groups (broad SMARTS) is 1. The lowest BCUT2D eigenvalue weighted by Gasteiger charge is -2.04. The van der Waals surface area contributed by atoms with Crippen molar-refractivity contribution in [3.63, 3.8) is 0 Å². The maximum Gasteiger partial charge on any atom is 0.329 e. The molecule has 0 fully saturated rings. The molecule has 0 heterocycles. The zero-order chi connectivity index (χ0) is 14.9. The lowest BCUT2D eigenvalue weighted by Crippen LogP contribution is -2.15. The van der Waals surface area contributed by atoms with Crippen molar-refractivity contribution in [2.45, 2.75) is 71.1 Å². The molecule has 0 aromatic rings. The van der Waals surface area contributed by atoms with E-state index in [1.807, 2.05) is 0 Å². The first kappa shape index (κ1) is 19.4. The van der Waals surface area contributed by atoms with Gasteiger partial charge in [0.1, 0.15) is 6.61 Å². The van der Waals surface area contributed by atoms with Gasteiger partial charge in [-0.2, -0.15) is 0 Å². The van der Waals surface area contributed by atoms with Gasteiger partial charge in [0.25, 0.3) is 0 Å². The lowest BCUT2D eigenvalue weighted by molar-refractivity contribution is -0.142. The molecule has 120 valence electrons. The Labute approximate surface area is 124 Å². The van der Waals surface area contributed by atoms with Crippen LogP contribution in [0.3, 0.4) is 0 Å². The van der Waals surface area contributed by atoms with Gasteiger partial charge in [-0.15, -0.1) is 0 Å². The third kappa shape index (κ3) is 17.4. The molecule has 0 aliphatic rings. The molecule has 0 saturated carbocycles. The number of carboxylic acids is 1. The smallest absolute Gasteiger partial charge is 0.329 e. The van der Waals surface area contributed by atoms with E-state index in [9.17, 15) is 4.79 Å². The van der Waals surface area contributed by atoms with E-state index in [2.05, 4.69) is 12.2 Å². The molecular weight excluding hydrogens is 254 g/mol. The van der Waals surface area contributed by atoms with Crippen molar-refractivity contribution >= 4 is 5.97 Å². The highest BCUT2D eigenvalue weighted by Gasteiger charge is 1.96. The fourth-order valence-corrected chi connectivity index (χ4v) is 2.15. The van der Waals surface area contributed by atoms with Crippen LogP contribution in [-0.2, 0) is 9.53 Å². The largest absolute Gasteiger partial charge is 0.480 e. The summed E-state index contributed by atoms with van der Waals surface area (Å²) in [6, 6.07) is 0. The van der Waals surface area contributed by atoms with Crippen LogP contribution in [0.5, 0.6) is 0 Å². The highest BCUT2D eigenvalue weighted by atomic mass is 16.5. The van der Waals surface area contributed by atoms with Crippen molar-refractivity contribution in [2.75, 3.05) is 26.3 Å². The Morgan fingerprint density at radius 1 is 0.900 bits per heavy atom. The lowest BCUT2D eigenvalue weighted by atomic mass is 10.1. The van der Waals surface area contributed by atoms with Crippen molar-refractivity contribution in [3.8, 4) is 0 Å². The van der Waals surface area contributed by atoms with E-state index in [0.717, 1.165) is 19.4 Å². The number of rotatable bonds is 16. The molecule has 4 nitrogen and oxygen atoms in total. The summed E-state index contributed by atoms with van der Waals surface area (Å²) in [5.41, 5.74) is 0. The Morgan fingerprint density at radius 3 is 2.00 bits per heavy atom. The molecule has 0 bridgehead atoms. The SMILES string of the molecule is CCCNCCCCCCCCCCCOCC(=O)O. The summed E-state index contributed by atoms with van der Waals surface area (Å²) in [6.07, 6.45) is 12.6. The highest BCUT2D eigenvalue weighted by Crippen LogP contribution is 2.09. The fourth-order valence-electron chi connectivity index (χ4n) is 2.15. The molecule has 0 saturated heterocycles. The second kappa shape index (κ2) is 16.4. The van der Waals surface area contributed by atoms with Crippen molar-refractivity contribution < 1.29 is 14.6 Å². The molecule has 0 radical (unpaired) electrons. The van der Waals surface area contributed by atoms with Crippen LogP contribution in [0.25, 0.3) is 0 Å². The molecule has 4 heteroatoms. The normalized spacial score (nSPS) is 10.8. The Bertz CT molecular complexity index is 210. The van der Waals surface area contributed by atoms with Gasteiger partial charge in [0.15, 0.2) is 0 Å². The molecule has 0 rings (SSSR count). The summed E-state index contributed by atoms with van der Waals surface area (Å²) in [6.45, 7) is 4.94. The van der Waals surface area contributed by atoms with Crippen molar-refractivity contribution in [2.24, 2.45) is 0 Å². The van der Waals surface area contributed by atoms with E-state index in [1.54, 1.807) is 0 Å². The molecule has 0 atom stereocenters. The number of nitrogens with one attached hydrogen (secondary N) is 1. The summed E-state index contributed by atoms with van der Waals surface area (Å²) in [5, 5.41) is 11.8. The molecule has 0 aliphatic heterocycles. The third-order valence-corrected chi connectivity index (χ3v) is 3.29. The van der Waals surface area contributed by atoms with Gasteiger partial charge in [0.2, 0.25) is 0 Å². The Hall–Kier alpha value is -0.610. The summed E-state index contributed by atoms with van der Waals surface area (Å²) in [7, 11) is 0. The molecule has 0 spiro atoms. The van der Waals surface area contributed by atoms with Gasteiger partial charge in [-0.25, -0.2) is 4.79 Å². The molecule has 0 aromatic carbocycles. The van der Waals surface area contributed by atoms with Gasteiger partial charge in [0.05, 0.1) is 0 Å². The van der Waals surface area contributed by atoms with Gasteiger partial charge < -0.3 is 15.2 Å².